The summed E-state index contributed by atoms with van der Waals surface area (Å²) in [5.41, 5.74) is 0.310. The van der Waals surface area contributed by atoms with Gasteiger partial charge in [-0.2, -0.15) is 0 Å². The van der Waals surface area contributed by atoms with Gasteiger partial charge >= 0.3 is 0 Å². The first-order chi connectivity index (χ1) is 10.0. The molecule has 0 spiro atoms. The molecule has 5 aliphatic rings. The molecular weight excluding hydrogens is 258 g/mol. The molecule has 4 bridgehead atoms. The Morgan fingerprint density at radius 1 is 1.05 bits per heavy atom. The normalized spacial score (nSPS) is 47.4. The minimum Gasteiger partial charge on any atom is -0.391 e. The Balaban J connectivity index is 1.40. The molecule has 2 heteroatoms. The summed E-state index contributed by atoms with van der Waals surface area (Å²) in [4.78, 5) is 2.56. The second-order valence-corrected chi connectivity index (χ2v) is 9.35. The number of hydrogen-bond donors (Lipinski definition) is 1. The fraction of sp³-hybridized carbons (Fsp3) is 1.00. The molecule has 21 heavy (non-hydrogen) atoms. The van der Waals surface area contributed by atoms with Crippen molar-refractivity contribution in [1.29, 1.82) is 0 Å². The van der Waals surface area contributed by atoms with E-state index in [1.54, 1.807) is 0 Å². The number of aliphatic hydroxyl groups is 1. The van der Waals surface area contributed by atoms with Gasteiger partial charge in [0, 0.05) is 13.1 Å². The summed E-state index contributed by atoms with van der Waals surface area (Å²) in [6, 6.07) is 0. The molecule has 0 aromatic rings. The van der Waals surface area contributed by atoms with Crippen LogP contribution in [-0.2, 0) is 0 Å². The fourth-order valence-corrected chi connectivity index (χ4v) is 6.60. The third kappa shape index (κ3) is 2.57. The van der Waals surface area contributed by atoms with E-state index in [0.29, 0.717) is 5.41 Å². The second kappa shape index (κ2) is 5.23. The lowest BCUT2D eigenvalue weighted by molar-refractivity contribution is -0.125. The van der Waals surface area contributed by atoms with Crippen LogP contribution in [0, 0.1) is 35.0 Å². The van der Waals surface area contributed by atoms with E-state index in [-0.39, 0.29) is 6.10 Å². The molecule has 0 aromatic carbocycles. The number of likely N-dealkylation sites (tertiary alicyclic amines) is 1. The van der Waals surface area contributed by atoms with Crippen molar-refractivity contribution in [1.82, 2.24) is 4.90 Å². The third-order valence-electron chi connectivity index (χ3n) is 7.48. The molecule has 1 saturated heterocycles. The van der Waals surface area contributed by atoms with Crippen LogP contribution in [0.15, 0.2) is 0 Å². The molecule has 5 fully saturated rings. The number of aliphatic hydroxyl groups excluding tert-OH is 1. The minimum atomic E-state index is -0.0585. The zero-order valence-corrected chi connectivity index (χ0v) is 13.9. The number of rotatable bonds is 4. The van der Waals surface area contributed by atoms with Crippen molar-refractivity contribution in [2.45, 2.75) is 64.9 Å². The standard InChI is InChI=1S/C19H33NO/c1-13(2)17-3-4-20(11-17)12-18(21)19-8-14-5-15(9-19)7-16(6-14)10-19/h13-18,21H,3-12H2,1-2H3. The molecule has 0 aromatic heterocycles. The quantitative estimate of drug-likeness (QED) is 0.856. The molecule has 2 nitrogen and oxygen atoms in total. The Labute approximate surface area is 130 Å². The van der Waals surface area contributed by atoms with Crippen molar-refractivity contribution in [2.24, 2.45) is 35.0 Å². The molecule has 1 heterocycles. The summed E-state index contributed by atoms with van der Waals surface area (Å²) in [6.45, 7) is 8.09. The summed E-state index contributed by atoms with van der Waals surface area (Å²) in [6.07, 6.45) is 9.72. The van der Waals surface area contributed by atoms with E-state index >= 15 is 0 Å². The Hall–Kier alpha value is -0.0800. The van der Waals surface area contributed by atoms with E-state index in [1.165, 1.54) is 58.0 Å². The van der Waals surface area contributed by atoms with Gasteiger partial charge in [-0.15, -0.1) is 0 Å². The molecule has 2 atom stereocenters. The van der Waals surface area contributed by atoms with Crippen LogP contribution < -0.4 is 0 Å². The lowest BCUT2D eigenvalue weighted by atomic mass is 9.48. The van der Waals surface area contributed by atoms with Crippen molar-refractivity contribution in [3.8, 4) is 0 Å². The maximum absolute atomic E-state index is 11.1. The predicted molar refractivity (Wildman–Crippen MR) is 86.0 cm³/mol. The van der Waals surface area contributed by atoms with Gasteiger partial charge in [-0.1, -0.05) is 13.8 Å². The van der Waals surface area contributed by atoms with Gasteiger partial charge in [-0.05, 0) is 86.5 Å². The molecule has 120 valence electrons. The van der Waals surface area contributed by atoms with Gasteiger partial charge in [0.05, 0.1) is 6.10 Å². The zero-order valence-electron chi connectivity index (χ0n) is 13.9. The first-order valence-corrected chi connectivity index (χ1v) is 9.44. The Bertz CT molecular complexity index is 356. The van der Waals surface area contributed by atoms with Crippen LogP contribution in [0.1, 0.15) is 58.8 Å². The molecule has 4 aliphatic carbocycles. The maximum Gasteiger partial charge on any atom is 0.0723 e. The smallest absolute Gasteiger partial charge is 0.0723 e. The minimum absolute atomic E-state index is 0.0585. The largest absolute Gasteiger partial charge is 0.391 e. The average molecular weight is 291 g/mol. The highest BCUT2D eigenvalue weighted by atomic mass is 16.3. The first-order valence-electron chi connectivity index (χ1n) is 9.44. The summed E-state index contributed by atoms with van der Waals surface area (Å²) < 4.78 is 0. The van der Waals surface area contributed by atoms with E-state index in [2.05, 4.69) is 18.7 Å². The van der Waals surface area contributed by atoms with E-state index < -0.39 is 0 Å². The van der Waals surface area contributed by atoms with Crippen LogP contribution in [0.4, 0.5) is 0 Å². The van der Waals surface area contributed by atoms with Crippen LogP contribution in [-0.4, -0.2) is 35.7 Å². The van der Waals surface area contributed by atoms with Crippen LogP contribution in [0.3, 0.4) is 0 Å². The van der Waals surface area contributed by atoms with Gasteiger partial charge in [0.1, 0.15) is 0 Å². The van der Waals surface area contributed by atoms with E-state index in [1.807, 2.05) is 0 Å². The third-order valence-corrected chi connectivity index (χ3v) is 7.48. The summed E-state index contributed by atoms with van der Waals surface area (Å²) in [7, 11) is 0. The zero-order chi connectivity index (χ0) is 14.6. The monoisotopic (exact) mass is 291 g/mol. The second-order valence-electron chi connectivity index (χ2n) is 9.35. The Kier molecular flexibility index (Phi) is 3.61. The molecule has 2 unspecified atom stereocenters. The van der Waals surface area contributed by atoms with Crippen molar-refractivity contribution >= 4 is 0 Å². The number of hydrogen-bond acceptors (Lipinski definition) is 2. The highest BCUT2D eigenvalue weighted by molar-refractivity contribution is 5.05. The van der Waals surface area contributed by atoms with Crippen molar-refractivity contribution < 1.29 is 5.11 Å². The van der Waals surface area contributed by atoms with Gasteiger partial charge in [-0.3, -0.25) is 0 Å². The molecule has 5 rings (SSSR count). The van der Waals surface area contributed by atoms with Crippen LogP contribution >= 0.6 is 0 Å². The fourth-order valence-electron chi connectivity index (χ4n) is 6.60. The SMILES string of the molecule is CC(C)C1CCN(CC(O)C23CC4CC(CC(C4)C2)C3)C1. The average Bonchev–Trinajstić information content (AvgIpc) is 2.85. The molecule has 1 N–H and O–H groups in total. The van der Waals surface area contributed by atoms with Gasteiger partial charge in [0.25, 0.3) is 0 Å². The van der Waals surface area contributed by atoms with Crippen molar-refractivity contribution in [3.63, 3.8) is 0 Å². The predicted octanol–water partition coefficient (Wildman–Crippen LogP) is 3.54. The van der Waals surface area contributed by atoms with Gasteiger partial charge in [0.2, 0.25) is 0 Å². The van der Waals surface area contributed by atoms with Crippen LogP contribution in [0.5, 0.6) is 0 Å². The molecule has 0 radical (unpaired) electrons. The number of nitrogens with zero attached hydrogens (tertiary/aromatic N) is 1. The molecule has 4 saturated carbocycles. The van der Waals surface area contributed by atoms with E-state index in [0.717, 1.165) is 36.1 Å². The lowest BCUT2D eigenvalue weighted by Crippen LogP contribution is -2.54. The Morgan fingerprint density at radius 2 is 1.62 bits per heavy atom. The number of β-amino-alcohol motifs (C(OH)–C–C–N with tert-alkyl or cyclic N) is 1. The van der Waals surface area contributed by atoms with Crippen molar-refractivity contribution in [3.05, 3.63) is 0 Å². The highest BCUT2D eigenvalue weighted by Gasteiger charge is 2.54. The van der Waals surface area contributed by atoms with Crippen LogP contribution in [0.25, 0.3) is 0 Å². The van der Waals surface area contributed by atoms with Gasteiger partial charge in [-0.25, -0.2) is 0 Å². The lowest BCUT2D eigenvalue weighted by Gasteiger charge is -2.58. The van der Waals surface area contributed by atoms with E-state index in [9.17, 15) is 5.11 Å². The molecule has 0 amide bonds. The maximum atomic E-state index is 11.1. The van der Waals surface area contributed by atoms with Gasteiger partial charge < -0.3 is 10.0 Å². The Morgan fingerprint density at radius 3 is 2.10 bits per heavy atom. The molecule has 1 aliphatic heterocycles. The van der Waals surface area contributed by atoms with Gasteiger partial charge in [0.15, 0.2) is 0 Å². The highest BCUT2D eigenvalue weighted by Crippen LogP contribution is 2.61. The van der Waals surface area contributed by atoms with Crippen LogP contribution in [0.2, 0.25) is 0 Å². The summed E-state index contributed by atoms with van der Waals surface area (Å²) >= 11 is 0. The van der Waals surface area contributed by atoms with E-state index in [4.69, 9.17) is 0 Å². The summed E-state index contributed by atoms with van der Waals surface area (Å²) in [5, 5.41) is 11.1. The molecular formula is C19H33NO. The first kappa shape index (κ1) is 14.5. The van der Waals surface area contributed by atoms with Crippen molar-refractivity contribution in [2.75, 3.05) is 19.6 Å². The topological polar surface area (TPSA) is 23.5 Å². The summed E-state index contributed by atoms with van der Waals surface area (Å²) in [5.74, 6) is 4.51.